The van der Waals surface area contributed by atoms with Gasteiger partial charge in [0.15, 0.2) is 0 Å². The van der Waals surface area contributed by atoms with E-state index in [0.29, 0.717) is 25.9 Å². The molecule has 1 rings (SSSR count). The molecule has 1 atom stereocenters. The number of amides is 1. The summed E-state index contributed by atoms with van der Waals surface area (Å²) < 4.78 is 0. The van der Waals surface area contributed by atoms with E-state index >= 15 is 0 Å². The van der Waals surface area contributed by atoms with Gasteiger partial charge in [0.1, 0.15) is 0 Å². The van der Waals surface area contributed by atoms with E-state index in [9.17, 15) is 9.90 Å². The highest BCUT2D eigenvalue weighted by Gasteiger charge is 2.32. The number of halogens is 1. The number of carbonyl (C=O) groups excluding carboxylic acids is 1. The molecule has 0 aromatic heterocycles. The first-order chi connectivity index (χ1) is 8.62. The molecule has 5 heteroatoms. The minimum atomic E-state index is -0.302. The largest absolute Gasteiger partial charge is 0.393 e. The van der Waals surface area contributed by atoms with Crippen LogP contribution in [0.2, 0.25) is 0 Å². The van der Waals surface area contributed by atoms with E-state index in [1.54, 1.807) is 0 Å². The van der Waals surface area contributed by atoms with Gasteiger partial charge >= 0.3 is 0 Å². The molecule has 1 amide bonds. The highest BCUT2D eigenvalue weighted by atomic mass is 35.5. The summed E-state index contributed by atoms with van der Waals surface area (Å²) in [7, 11) is 0. The molecular formula is C14H29ClN2O2. The predicted molar refractivity (Wildman–Crippen MR) is 80.4 cm³/mol. The lowest BCUT2D eigenvalue weighted by Crippen LogP contribution is -2.39. The summed E-state index contributed by atoms with van der Waals surface area (Å²) in [5.74, 6) is 0.0886. The molecule has 0 spiro atoms. The predicted octanol–water partition coefficient (Wildman–Crippen LogP) is 1.98. The third-order valence-electron chi connectivity index (χ3n) is 4.15. The number of carbonyl (C=O) groups is 1. The highest BCUT2D eigenvalue weighted by Crippen LogP contribution is 2.38. The average molecular weight is 293 g/mol. The molecule has 0 heterocycles. The van der Waals surface area contributed by atoms with Gasteiger partial charge in [-0.25, -0.2) is 0 Å². The van der Waals surface area contributed by atoms with Crippen molar-refractivity contribution in [3.63, 3.8) is 0 Å². The van der Waals surface area contributed by atoms with Crippen molar-refractivity contribution < 1.29 is 9.90 Å². The summed E-state index contributed by atoms with van der Waals surface area (Å²) in [6, 6.07) is 0. The van der Waals surface area contributed by atoms with E-state index in [1.165, 1.54) is 19.3 Å². The molecule has 0 radical (unpaired) electrons. The van der Waals surface area contributed by atoms with Crippen molar-refractivity contribution in [3.8, 4) is 0 Å². The minimum absolute atomic E-state index is 0. The maximum absolute atomic E-state index is 11.9. The van der Waals surface area contributed by atoms with Crippen LogP contribution in [0.3, 0.4) is 0 Å². The topological polar surface area (TPSA) is 75.3 Å². The first kappa shape index (κ1) is 18.7. The van der Waals surface area contributed by atoms with Gasteiger partial charge in [0.25, 0.3) is 0 Å². The number of hydrogen-bond donors (Lipinski definition) is 3. The molecule has 4 nitrogen and oxygen atoms in total. The summed E-state index contributed by atoms with van der Waals surface area (Å²) in [6.07, 6.45) is 7.43. The summed E-state index contributed by atoms with van der Waals surface area (Å²) in [5, 5.41) is 12.3. The molecule has 0 aromatic rings. The SMILES string of the molecule is CCC(O)CCNC(=O)CC1(CN)CCCCC1.Cl. The smallest absolute Gasteiger partial charge is 0.220 e. The fourth-order valence-electron chi connectivity index (χ4n) is 2.74. The van der Waals surface area contributed by atoms with Gasteiger partial charge in [-0.15, -0.1) is 12.4 Å². The van der Waals surface area contributed by atoms with E-state index in [4.69, 9.17) is 5.73 Å². The van der Waals surface area contributed by atoms with Crippen LogP contribution < -0.4 is 11.1 Å². The second-order valence-electron chi connectivity index (χ2n) is 5.64. The van der Waals surface area contributed by atoms with Crippen LogP contribution in [0.5, 0.6) is 0 Å². The van der Waals surface area contributed by atoms with E-state index < -0.39 is 0 Å². The molecule has 19 heavy (non-hydrogen) atoms. The number of nitrogens with one attached hydrogen (secondary N) is 1. The number of aliphatic hydroxyl groups excluding tert-OH is 1. The Balaban J connectivity index is 0.00000324. The minimum Gasteiger partial charge on any atom is -0.393 e. The summed E-state index contributed by atoms with van der Waals surface area (Å²) in [6.45, 7) is 3.12. The van der Waals surface area contributed by atoms with Crippen molar-refractivity contribution in [3.05, 3.63) is 0 Å². The normalized spacial score (nSPS) is 19.3. The third-order valence-corrected chi connectivity index (χ3v) is 4.15. The van der Waals surface area contributed by atoms with Crippen LogP contribution in [0.4, 0.5) is 0 Å². The summed E-state index contributed by atoms with van der Waals surface area (Å²) >= 11 is 0. The Hall–Kier alpha value is -0.320. The van der Waals surface area contributed by atoms with Crippen LogP contribution in [0.25, 0.3) is 0 Å². The van der Waals surface area contributed by atoms with Gasteiger partial charge in [0.2, 0.25) is 5.91 Å². The molecule has 114 valence electrons. The Morgan fingerprint density at radius 3 is 2.53 bits per heavy atom. The Morgan fingerprint density at radius 2 is 2.00 bits per heavy atom. The molecule has 1 aliphatic carbocycles. The number of nitrogens with two attached hydrogens (primary N) is 1. The number of aliphatic hydroxyl groups is 1. The molecule has 1 saturated carbocycles. The maximum Gasteiger partial charge on any atom is 0.220 e. The van der Waals surface area contributed by atoms with Crippen molar-refractivity contribution in [2.75, 3.05) is 13.1 Å². The second kappa shape index (κ2) is 9.56. The fourth-order valence-corrected chi connectivity index (χ4v) is 2.74. The Bertz CT molecular complexity index is 256. The van der Waals surface area contributed by atoms with Crippen LogP contribution in [-0.2, 0) is 4.79 Å². The van der Waals surface area contributed by atoms with Gasteiger partial charge in [-0.2, -0.15) is 0 Å². The third kappa shape index (κ3) is 6.59. The average Bonchev–Trinajstić information content (AvgIpc) is 2.39. The quantitative estimate of drug-likeness (QED) is 0.672. The van der Waals surface area contributed by atoms with Gasteiger partial charge in [-0.1, -0.05) is 26.2 Å². The zero-order valence-electron chi connectivity index (χ0n) is 12.0. The van der Waals surface area contributed by atoms with Crippen LogP contribution >= 0.6 is 12.4 Å². The lowest BCUT2D eigenvalue weighted by molar-refractivity contribution is -0.123. The van der Waals surface area contributed by atoms with Gasteiger partial charge in [0.05, 0.1) is 6.10 Å². The number of hydrogen-bond acceptors (Lipinski definition) is 3. The molecule has 0 bridgehead atoms. The van der Waals surface area contributed by atoms with Gasteiger partial charge in [-0.3, -0.25) is 4.79 Å². The van der Waals surface area contributed by atoms with Crippen molar-refractivity contribution >= 4 is 18.3 Å². The van der Waals surface area contributed by atoms with E-state index in [0.717, 1.165) is 19.3 Å². The van der Waals surface area contributed by atoms with Crippen LogP contribution in [0.1, 0.15) is 58.3 Å². The Labute approximate surface area is 122 Å². The van der Waals surface area contributed by atoms with Crippen molar-refractivity contribution in [1.82, 2.24) is 5.32 Å². The Kier molecular flexibility index (Phi) is 9.40. The van der Waals surface area contributed by atoms with Crippen molar-refractivity contribution in [2.24, 2.45) is 11.1 Å². The fraction of sp³-hybridized carbons (Fsp3) is 0.929. The van der Waals surface area contributed by atoms with Gasteiger partial charge in [-0.05, 0) is 37.6 Å². The molecule has 0 saturated heterocycles. The summed E-state index contributed by atoms with van der Waals surface area (Å²) in [5.41, 5.74) is 5.90. The maximum atomic E-state index is 11.9. The molecule has 0 aromatic carbocycles. The molecule has 1 unspecified atom stereocenters. The van der Waals surface area contributed by atoms with E-state index in [-0.39, 0.29) is 29.8 Å². The van der Waals surface area contributed by atoms with Crippen molar-refractivity contribution in [1.29, 1.82) is 0 Å². The van der Waals surface area contributed by atoms with Crippen LogP contribution in [0.15, 0.2) is 0 Å². The second-order valence-corrected chi connectivity index (χ2v) is 5.64. The molecule has 1 fully saturated rings. The van der Waals surface area contributed by atoms with E-state index in [1.807, 2.05) is 6.92 Å². The monoisotopic (exact) mass is 292 g/mol. The molecule has 1 aliphatic rings. The molecular weight excluding hydrogens is 264 g/mol. The Morgan fingerprint density at radius 1 is 1.37 bits per heavy atom. The van der Waals surface area contributed by atoms with Crippen LogP contribution in [0, 0.1) is 5.41 Å². The lowest BCUT2D eigenvalue weighted by Gasteiger charge is -2.35. The lowest BCUT2D eigenvalue weighted by atomic mass is 9.71. The zero-order valence-corrected chi connectivity index (χ0v) is 12.8. The van der Waals surface area contributed by atoms with Crippen LogP contribution in [-0.4, -0.2) is 30.2 Å². The highest BCUT2D eigenvalue weighted by molar-refractivity contribution is 5.85. The summed E-state index contributed by atoms with van der Waals surface area (Å²) in [4.78, 5) is 11.9. The zero-order chi connectivity index (χ0) is 13.4. The molecule has 0 aliphatic heterocycles. The molecule has 4 N–H and O–H groups in total. The van der Waals surface area contributed by atoms with Gasteiger partial charge in [0, 0.05) is 13.0 Å². The van der Waals surface area contributed by atoms with E-state index in [2.05, 4.69) is 5.32 Å². The first-order valence-electron chi connectivity index (χ1n) is 7.27. The van der Waals surface area contributed by atoms with Crippen molar-refractivity contribution in [2.45, 2.75) is 64.4 Å². The first-order valence-corrected chi connectivity index (χ1v) is 7.27. The standard InChI is InChI=1S/C14H28N2O2.ClH/c1-2-12(17)6-9-16-13(18)10-14(11-15)7-4-3-5-8-14;/h12,17H,2-11,15H2,1H3,(H,16,18);1H. The number of rotatable bonds is 7. The van der Waals surface area contributed by atoms with Gasteiger partial charge < -0.3 is 16.2 Å².